The maximum atomic E-state index is 12.9. The molecule has 0 radical (unpaired) electrons. The average molecular weight is 508 g/mol. The van der Waals surface area contributed by atoms with Crippen molar-refractivity contribution >= 4 is 17.7 Å². The highest BCUT2D eigenvalue weighted by atomic mass is 32.2. The summed E-state index contributed by atoms with van der Waals surface area (Å²) in [6.45, 7) is 7.85. The minimum atomic E-state index is -4.38. The van der Waals surface area contributed by atoms with Crippen LogP contribution in [-0.2, 0) is 28.2 Å². The van der Waals surface area contributed by atoms with Crippen molar-refractivity contribution in [1.29, 1.82) is 0 Å². The van der Waals surface area contributed by atoms with Crippen molar-refractivity contribution < 1.29 is 32.2 Å². The highest BCUT2D eigenvalue weighted by molar-refractivity contribution is 7.98. The van der Waals surface area contributed by atoms with Gasteiger partial charge in [-0.3, -0.25) is 14.7 Å². The summed E-state index contributed by atoms with van der Waals surface area (Å²) in [5, 5.41) is 0. The van der Waals surface area contributed by atoms with Crippen molar-refractivity contribution in [3.05, 3.63) is 71.0 Å². The second kappa shape index (κ2) is 11.2. The first kappa shape index (κ1) is 26.7. The van der Waals surface area contributed by atoms with Crippen molar-refractivity contribution in [3.63, 3.8) is 0 Å². The summed E-state index contributed by atoms with van der Waals surface area (Å²) >= 11 is 1.59. The third-order valence-corrected chi connectivity index (χ3v) is 6.50. The normalized spacial score (nSPS) is 11.8. The predicted molar refractivity (Wildman–Crippen MR) is 129 cm³/mol. The van der Waals surface area contributed by atoms with E-state index in [4.69, 9.17) is 9.30 Å². The van der Waals surface area contributed by atoms with Crippen molar-refractivity contribution in [2.75, 3.05) is 7.05 Å². The number of furan rings is 1. The Labute approximate surface area is 207 Å². The van der Waals surface area contributed by atoms with Gasteiger partial charge in [-0.2, -0.15) is 13.2 Å². The van der Waals surface area contributed by atoms with Gasteiger partial charge in [-0.05, 0) is 69.8 Å². The lowest BCUT2D eigenvalue weighted by Gasteiger charge is -2.20. The molecule has 9 heteroatoms. The predicted octanol–water partition coefficient (Wildman–Crippen LogP) is 7.26. The van der Waals surface area contributed by atoms with E-state index in [1.54, 1.807) is 17.8 Å². The Kier molecular flexibility index (Phi) is 8.56. The van der Waals surface area contributed by atoms with Gasteiger partial charge in [-0.1, -0.05) is 12.1 Å². The van der Waals surface area contributed by atoms with Crippen LogP contribution in [0.25, 0.3) is 11.3 Å². The zero-order chi connectivity index (χ0) is 25.8. The van der Waals surface area contributed by atoms with Crippen LogP contribution in [0.3, 0.4) is 0 Å². The van der Waals surface area contributed by atoms with Gasteiger partial charge >= 0.3 is 12.1 Å². The minimum Gasteiger partial charge on any atom is -0.459 e. The number of alkyl halides is 3. The molecule has 0 spiro atoms. The van der Waals surface area contributed by atoms with Gasteiger partial charge in [0, 0.05) is 34.7 Å². The Morgan fingerprint density at radius 2 is 1.80 bits per heavy atom. The molecule has 3 rings (SSSR count). The number of halogens is 3. The van der Waals surface area contributed by atoms with Gasteiger partial charge in [-0.25, -0.2) is 4.79 Å². The summed E-state index contributed by atoms with van der Waals surface area (Å²) in [7, 11) is 1.99. The summed E-state index contributed by atoms with van der Waals surface area (Å²) in [5.41, 5.74) is 1.68. The van der Waals surface area contributed by atoms with Crippen LogP contribution >= 0.6 is 11.8 Å². The molecule has 188 valence electrons. The summed E-state index contributed by atoms with van der Waals surface area (Å²) in [6, 6.07) is 12.7. The Morgan fingerprint density at radius 1 is 1.11 bits per heavy atom. The van der Waals surface area contributed by atoms with Gasteiger partial charge in [0.05, 0.1) is 12.1 Å². The van der Waals surface area contributed by atoms with Gasteiger partial charge in [0.2, 0.25) is 0 Å². The molecule has 0 N–H and O–H groups in total. The molecule has 0 aliphatic heterocycles. The third kappa shape index (κ3) is 7.29. The van der Waals surface area contributed by atoms with Crippen LogP contribution in [-0.4, -0.2) is 24.0 Å². The van der Waals surface area contributed by atoms with E-state index >= 15 is 0 Å². The Bertz CT molecular complexity index is 1160. The zero-order valence-electron chi connectivity index (χ0n) is 20.2. The second-order valence-corrected chi connectivity index (χ2v) is 9.57. The molecule has 0 atom stereocenters. The average Bonchev–Trinajstić information content (AvgIpc) is 3.19. The lowest BCUT2D eigenvalue weighted by molar-refractivity contribution is -0.211. The lowest BCUT2D eigenvalue weighted by Crippen LogP contribution is -2.25. The first-order valence-corrected chi connectivity index (χ1v) is 12.0. The molecule has 5 nitrogen and oxygen atoms in total. The van der Waals surface area contributed by atoms with Crippen LogP contribution in [0.15, 0.2) is 57.8 Å². The van der Waals surface area contributed by atoms with Crippen molar-refractivity contribution in [2.45, 2.75) is 57.1 Å². The molecule has 0 aliphatic carbocycles. The van der Waals surface area contributed by atoms with Crippen LogP contribution < -0.4 is 4.89 Å². The molecular weight excluding hydrogens is 479 g/mol. The highest BCUT2D eigenvalue weighted by Gasteiger charge is 2.30. The van der Waals surface area contributed by atoms with Gasteiger partial charge < -0.3 is 4.42 Å². The van der Waals surface area contributed by atoms with Crippen molar-refractivity contribution in [3.8, 4) is 17.1 Å². The topological polar surface area (TPSA) is 51.9 Å². The van der Waals surface area contributed by atoms with E-state index in [-0.39, 0.29) is 0 Å². The number of rotatable bonds is 9. The number of carbonyl (C=O) groups is 1. The third-order valence-electron chi connectivity index (χ3n) is 5.46. The fraction of sp³-hybridized carbons (Fsp3) is 0.346. The van der Waals surface area contributed by atoms with Crippen molar-refractivity contribution in [2.24, 2.45) is 0 Å². The molecule has 35 heavy (non-hydrogen) atoms. The van der Waals surface area contributed by atoms with E-state index in [0.29, 0.717) is 35.4 Å². The number of benzene rings is 2. The van der Waals surface area contributed by atoms with Crippen LogP contribution in [0, 0.1) is 6.92 Å². The second-order valence-electron chi connectivity index (χ2n) is 8.52. The van der Waals surface area contributed by atoms with Crippen LogP contribution in [0.1, 0.15) is 43.2 Å². The van der Waals surface area contributed by atoms with E-state index in [0.717, 1.165) is 33.9 Å². The first-order valence-electron chi connectivity index (χ1n) is 11.0. The summed E-state index contributed by atoms with van der Waals surface area (Å²) in [5.74, 6) is 1.83. The molecule has 0 fully saturated rings. The quantitative estimate of drug-likeness (QED) is 0.173. The van der Waals surface area contributed by atoms with E-state index in [2.05, 4.69) is 23.6 Å². The van der Waals surface area contributed by atoms with Gasteiger partial charge in [0.25, 0.3) is 0 Å². The first-order chi connectivity index (χ1) is 16.4. The molecule has 0 unspecified atom stereocenters. The molecule has 2 aromatic carbocycles. The molecular formula is C26H28F3NO4S. The Morgan fingerprint density at radius 3 is 2.37 bits per heavy atom. The van der Waals surface area contributed by atoms with Gasteiger partial charge in [0.1, 0.15) is 11.5 Å². The van der Waals surface area contributed by atoms with E-state index in [9.17, 15) is 18.0 Å². The zero-order valence-corrected chi connectivity index (χ0v) is 21.0. The van der Waals surface area contributed by atoms with E-state index in [1.165, 1.54) is 19.1 Å². The molecule has 3 aromatic rings. The Hall–Kier alpha value is -2.91. The summed E-state index contributed by atoms with van der Waals surface area (Å²) in [4.78, 5) is 23.7. The number of nitrogens with zero attached hydrogens (tertiary/aromatic N) is 1. The SMILES string of the molecule is CC(=O)OOc1ccc(SCc2cc(-c3ccc(C(F)(F)F)cc3)oc2CN(C)C(C)C)cc1C. The van der Waals surface area contributed by atoms with Crippen LogP contribution in [0.4, 0.5) is 13.2 Å². The standard InChI is InChI=1S/C26H28F3NO4S/c1-16(2)30(5)14-25-20(13-24(32-25)19-6-8-21(9-7-19)26(27,28)29)15-35-22-10-11-23(17(3)12-22)34-33-18(4)31/h6-13,16H,14-15H2,1-5H3. The number of thioether (sulfide) groups is 1. The molecule has 1 heterocycles. The fourth-order valence-corrected chi connectivity index (χ4v) is 4.16. The maximum absolute atomic E-state index is 12.9. The van der Waals surface area contributed by atoms with Crippen LogP contribution in [0.5, 0.6) is 5.75 Å². The number of aryl methyl sites for hydroxylation is 1. The fourth-order valence-electron chi connectivity index (χ4n) is 3.17. The number of hydrogen-bond donors (Lipinski definition) is 0. The molecule has 0 saturated heterocycles. The monoisotopic (exact) mass is 507 g/mol. The van der Waals surface area contributed by atoms with Crippen LogP contribution in [0.2, 0.25) is 0 Å². The highest BCUT2D eigenvalue weighted by Crippen LogP contribution is 2.35. The molecule has 0 aliphatic rings. The van der Waals surface area contributed by atoms with E-state index < -0.39 is 17.7 Å². The largest absolute Gasteiger partial charge is 0.459 e. The van der Waals surface area contributed by atoms with Gasteiger partial charge in [0.15, 0.2) is 5.75 Å². The van der Waals surface area contributed by atoms with Crippen molar-refractivity contribution in [1.82, 2.24) is 4.90 Å². The number of hydrogen-bond acceptors (Lipinski definition) is 6. The Balaban J connectivity index is 1.81. The molecule has 0 saturated carbocycles. The molecule has 0 amide bonds. The van der Waals surface area contributed by atoms with Gasteiger partial charge in [-0.15, -0.1) is 11.8 Å². The smallest absolute Gasteiger partial charge is 0.416 e. The summed E-state index contributed by atoms with van der Waals surface area (Å²) in [6.07, 6.45) is -4.38. The maximum Gasteiger partial charge on any atom is 0.416 e. The minimum absolute atomic E-state index is 0.294. The molecule has 1 aromatic heterocycles. The summed E-state index contributed by atoms with van der Waals surface area (Å²) < 4.78 is 45.0. The lowest BCUT2D eigenvalue weighted by atomic mass is 10.1. The van der Waals surface area contributed by atoms with E-state index in [1.807, 2.05) is 32.2 Å². The number of carbonyl (C=O) groups excluding carboxylic acids is 1. The molecule has 0 bridgehead atoms.